The predicted molar refractivity (Wildman–Crippen MR) is 117 cm³/mol. The molecule has 0 saturated carbocycles. The van der Waals surface area contributed by atoms with Crippen molar-refractivity contribution in [2.45, 2.75) is 32.7 Å². The summed E-state index contributed by atoms with van der Waals surface area (Å²) in [6.07, 6.45) is 3.80. The van der Waals surface area contributed by atoms with Crippen LogP contribution in [0.25, 0.3) is 0 Å². The number of anilines is 2. The summed E-state index contributed by atoms with van der Waals surface area (Å²) in [5.41, 5.74) is 1.44. The van der Waals surface area contributed by atoms with E-state index in [1.165, 1.54) is 6.20 Å². The summed E-state index contributed by atoms with van der Waals surface area (Å²) >= 11 is 12.1. The number of amides is 1. The van der Waals surface area contributed by atoms with E-state index >= 15 is 0 Å². The molecule has 0 atom stereocenters. The minimum atomic E-state index is -0.233. The Hall–Kier alpha value is -1.82. The van der Waals surface area contributed by atoms with E-state index in [2.05, 4.69) is 34.4 Å². The molecule has 3 rings (SSSR count). The fourth-order valence-electron chi connectivity index (χ4n) is 3.50. The fourth-order valence-corrected chi connectivity index (χ4v) is 3.79. The Morgan fingerprint density at radius 2 is 1.93 bits per heavy atom. The third kappa shape index (κ3) is 5.37. The van der Waals surface area contributed by atoms with Gasteiger partial charge in [-0.05, 0) is 76.0 Å². The molecule has 150 valence electrons. The lowest BCUT2D eigenvalue weighted by atomic mass is 9.96. The van der Waals surface area contributed by atoms with Crippen molar-refractivity contribution in [3.63, 3.8) is 0 Å². The van der Waals surface area contributed by atoms with Crippen LogP contribution in [0.5, 0.6) is 0 Å². The van der Waals surface area contributed by atoms with E-state index in [0.717, 1.165) is 38.2 Å². The maximum atomic E-state index is 13.0. The van der Waals surface area contributed by atoms with Crippen LogP contribution in [-0.2, 0) is 0 Å². The zero-order chi connectivity index (χ0) is 20.1. The number of hydrogen-bond acceptors (Lipinski definition) is 4. The average Bonchev–Trinajstić information content (AvgIpc) is 2.68. The molecule has 7 heteroatoms. The van der Waals surface area contributed by atoms with Gasteiger partial charge in [-0.25, -0.2) is 4.98 Å². The first-order valence-electron chi connectivity index (χ1n) is 9.64. The first-order chi connectivity index (χ1) is 13.4. The highest BCUT2D eigenvalue weighted by atomic mass is 35.5. The second-order valence-electron chi connectivity index (χ2n) is 7.42. The maximum absolute atomic E-state index is 13.0. The molecule has 1 amide bonds. The first-order valence-corrected chi connectivity index (χ1v) is 10.4. The van der Waals surface area contributed by atoms with Crippen LogP contribution in [0.2, 0.25) is 10.0 Å². The summed E-state index contributed by atoms with van der Waals surface area (Å²) in [5, 5.41) is 7.31. The smallest absolute Gasteiger partial charge is 0.258 e. The number of piperidine rings is 1. The van der Waals surface area contributed by atoms with Gasteiger partial charge in [-0.2, -0.15) is 0 Å². The summed E-state index contributed by atoms with van der Waals surface area (Å²) in [6, 6.07) is 9.14. The van der Waals surface area contributed by atoms with Gasteiger partial charge in [-0.1, -0.05) is 23.2 Å². The van der Waals surface area contributed by atoms with Crippen LogP contribution >= 0.6 is 23.2 Å². The summed E-state index contributed by atoms with van der Waals surface area (Å²) in [7, 11) is 0. The number of aromatic nitrogens is 1. The van der Waals surface area contributed by atoms with Crippen molar-refractivity contribution < 1.29 is 4.79 Å². The Morgan fingerprint density at radius 1 is 1.21 bits per heavy atom. The molecule has 1 saturated heterocycles. The minimum Gasteiger partial charge on any atom is -0.368 e. The number of halogens is 2. The van der Waals surface area contributed by atoms with Gasteiger partial charge in [0.25, 0.3) is 5.91 Å². The predicted octanol–water partition coefficient (Wildman–Crippen LogP) is 4.86. The van der Waals surface area contributed by atoms with Crippen LogP contribution in [-0.4, -0.2) is 36.6 Å². The Labute approximate surface area is 176 Å². The largest absolute Gasteiger partial charge is 0.368 e. The third-order valence-corrected chi connectivity index (χ3v) is 5.48. The van der Waals surface area contributed by atoms with E-state index in [-0.39, 0.29) is 11.9 Å². The molecule has 1 aliphatic rings. The number of hydrogen-bond donors (Lipinski definition) is 2. The Kier molecular flexibility index (Phi) is 7.16. The second kappa shape index (κ2) is 9.59. The summed E-state index contributed by atoms with van der Waals surface area (Å²) in [6.45, 7) is 7.32. The Morgan fingerprint density at radius 3 is 2.57 bits per heavy atom. The fraction of sp³-hybridized carbons (Fsp3) is 0.429. The number of nitrogens with zero attached hydrogens (tertiary/aromatic N) is 2. The summed E-state index contributed by atoms with van der Waals surface area (Å²) < 4.78 is 0. The third-order valence-electron chi connectivity index (χ3n) is 5.02. The standard InChI is InChI=1S/C21H26Cl2N4O/c1-14(2)27(13-15-7-9-24-10-8-15)19-5-3-16(22)11-18(19)21(28)26-20-6-4-17(23)12-25-20/h3-6,11-12,14-15,24H,7-10,13H2,1-2H3,(H,25,26,28). The molecule has 0 bridgehead atoms. The molecule has 0 spiro atoms. The van der Waals surface area contributed by atoms with Crippen LogP contribution in [0.15, 0.2) is 36.5 Å². The van der Waals surface area contributed by atoms with Crippen molar-refractivity contribution in [2.75, 3.05) is 29.9 Å². The summed E-state index contributed by atoms with van der Waals surface area (Å²) in [4.78, 5) is 19.5. The molecule has 0 radical (unpaired) electrons. The molecule has 1 aromatic carbocycles. The lowest BCUT2D eigenvalue weighted by molar-refractivity contribution is 0.102. The van der Waals surface area contributed by atoms with Crippen molar-refractivity contribution in [2.24, 2.45) is 5.92 Å². The highest BCUT2D eigenvalue weighted by Gasteiger charge is 2.23. The molecule has 2 N–H and O–H groups in total. The van der Waals surface area contributed by atoms with Gasteiger partial charge < -0.3 is 15.5 Å². The van der Waals surface area contributed by atoms with E-state index in [1.807, 2.05) is 12.1 Å². The van der Waals surface area contributed by atoms with E-state index in [4.69, 9.17) is 23.2 Å². The first kappa shape index (κ1) is 20.9. The zero-order valence-electron chi connectivity index (χ0n) is 16.2. The molecule has 5 nitrogen and oxygen atoms in total. The van der Waals surface area contributed by atoms with Gasteiger partial charge in [0.05, 0.1) is 10.6 Å². The van der Waals surface area contributed by atoms with Gasteiger partial charge in [0.2, 0.25) is 0 Å². The number of benzene rings is 1. The normalized spacial score (nSPS) is 14.9. The van der Waals surface area contributed by atoms with Crippen molar-refractivity contribution >= 4 is 40.6 Å². The number of carbonyl (C=O) groups excluding carboxylic acids is 1. The zero-order valence-corrected chi connectivity index (χ0v) is 17.7. The van der Waals surface area contributed by atoms with Gasteiger partial charge >= 0.3 is 0 Å². The minimum absolute atomic E-state index is 0.233. The monoisotopic (exact) mass is 420 g/mol. The van der Waals surface area contributed by atoms with Crippen molar-refractivity contribution in [1.29, 1.82) is 0 Å². The van der Waals surface area contributed by atoms with Crippen LogP contribution in [0, 0.1) is 5.92 Å². The maximum Gasteiger partial charge on any atom is 0.258 e. The molecule has 0 unspecified atom stereocenters. The van der Waals surface area contributed by atoms with E-state index < -0.39 is 0 Å². The van der Waals surface area contributed by atoms with Crippen LogP contribution in [0.1, 0.15) is 37.0 Å². The van der Waals surface area contributed by atoms with Gasteiger partial charge in [-0.15, -0.1) is 0 Å². The average molecular weight is 421 g/mol. The molecule has 2 heterocycles. The van der Waals surface area contributed by atoms with Crippen LogP contribution < -0.4 is 15.5 Å². The highest BCUT2D eigenvalue weighted by molar-refractivity contribution is 6.31. The van der Waals surface area contributed by atoms with Gasteiger partial charge in [-0.3, -0.25) is 4.79 Å². The molecule has 28 heavy (non-hydrogen) atoms. The topological polar surface area (TPSA) is 57.3 Å². The molecular formula is C21H26Cl2N4O. The number of rotatable bonds is 6. The molecule has 2 aromatic rings. The van der Waals surface area contributed by atoms with E-state index in [9.17, 15) is 4.79 Å². The molecule has 1 aromatic heterocycles. The SMILES string of the molecule is CC(C)N(CC1CCNCC1)c1ccc(Cl)cc1C(=O)Nc1ccc(Cl)cn1. The second-order valence-corrected chi connectivity index (χ2v) is 8.29. The van der Waals surface area contributed by atoms with Crippen molar-refractivity contribution in [3.05, 3.63) is 52.1 Å². The lowest BCUT2D eigenvalue weighted by Gasteiger charge is -2.35. The molecule has 1 aliphatic heterocycles. The Balaban J connectivity index is 1.86. The summed E-state index contributed by atoms with van der Waals surface area (Å²) in [5.74, 6) is 0.825. The Bertz CT molecular complexity index is 805. The van der Waals surface area contributed by atoms with Gasteiger partial charge in [0.15, 0.2) is 0 Å². The van der Waals surface area contributed by atoms with Gasteiger partial charge in [0, 0.05) is 29.5 Å². The van der Waals surface area contributed by atoms with Crippen molar-refractivity contribution in [1.82, 2.24) is 10.3 Å². The highest BCUT2D eigenvalue weighted by Crippen LogP contribution is 2.29. The molecular weight excluding hydrogens is 395 g/mol. The molecule has 0 aliphatic carbocycles. The van der Waals surface area contributed by atoms with Crippen LogP contribution in [0.4, 0.5) is 11.5 Å². The number of pyridine rings is 1. The van der Waals surface area contributed by atoms with Crippen molar-refractivity contribution in [3.8, 4) is 0 Å². The number of carbonyl (C=O) groups is 1. The quantitative estimate of drug-likeness (QED) is 0.700. The van der Waals surface area contributed by atoms with E-state index in [0.29, 0.717) is 27.3 Å². The van der Waals surface area contributed by atoms with Gasteiger partial charge in [0.1, 0.15) is 5.82 Å². The number of nitrogens with one attached hydrogen (secondary N) is 2. The lowest BCUT2D eigenvalue weighted by Crippen LogP contribution is -2.40. The van der Waals surface area contributed by atoms with Crippen LogP contribution in [0.3, 0.4) is 0 Å². The molecule has 1 fully saturated rings. The van der Waals surface area contributed by atoms with E-state index in [1.54, 1.807) is 18.2 Å².